The van der Waals surface area contributed by atoms with E-state index < -0.39 is 6.03 Å². The number of nitrogens with one attached hydrogen (secondary N) is 2. The number of anilines is 2. The van der Waals surface area contributed by atoms with Gasteiger partial charge in [-0.05, 0) is 12.1 Å². The molecule has 2 aromatic rings. The summed E-state index contributed by atoms with van der Waals surface area (Å²) in [4.78, 5) is 25.5. The lowest BCUT2D eigenvalue weighted by Gasteiger charge is -2.17. The Morgan fingerprint density at radius 1 is 1.29 bits per heavy atom. The molecule has 0 radical (unpaired) electrons. The summed E-state index contributed by atoms with van der Waals surface area (Å²) >= 11 is 0. The quantitative estimate of drug-likeness (QED) is 0.897. The zero-order valence-electron chi connectivity index (χ0n) is 11.2. The van der Waals surface area contributed by atoms with Gasteiger partial charge in [0.25, 0.3) is 0 Å². The fraction of sp³-hybridized carbons (Fsp3) is 0.214. The number of aromatic nitrogens is 1. The van der Waals surface area contributed by atoms with E-state index in [0.29, 0.717) is 12.4 Å². The van der Waals surface area contributed by atoms with Crippen molar-refractivity contribution in [1.82, 2.24) is 10.5 Å². The van der Waals surface area contributed by atoms with Crippen LogP contribution in [0.25, 0.3) is 0 Å². The van der Waals surface area contributed by atoms with Gasteiger partial charge in [0.15, 0.2) is 5.82 Å². The van der Waals surface area contributed by atoms with Gasteiger partial charge in [-0.1, -0.05) is 23.4 Å². The fourth-order valence-electron chi connectivity index (χ4n) is 2.28. The lowest BCUT2D eigenvalue weighted by molar-refractivity contribution is -0.117. The van der Waals surface area contributed by atoms with Gasteiger partial charge in [0.05, 0.1) is 6.04 Å². The topological polar surface area (TPSA) is 87.5 Å². The van der Waals surface area contributed by atoms with Crippen LogP contribution in [0.4, 0.5) is 16.3 Å². The molecule has 0 saturated carbocycles. The number of amides is 3. The second kappa shape index (κ2) is 5.66. The molecule has 1 fully saturated rings. The highest BCUT2D eigenvalue weighted by molar-refractivity contribution is 5.97. The van der Waals surface area contributed by atoms with Crippen LogP contribution in [0, 0.1) is 0 Å². The van der Waals surface area contributed by atoms with Crippen LogP contribution in [-0.2, 0) is 4.79 Å². The molecule has 1 aromatic carbocycles. The molecule has 2 N–H and O–H groups in total. The van der Waals surface area contributed by atoms with E-state index in [1.165, 1.54) is 12.3 Å². The first-order valence-corrected chi connectivity index (χ1v) is 6.55. The Hall–Kier alpha value is -2.83. The Balaban J connectivity index is 1.59. The first-order valence-electron chi connectivity index (χ1n) is 6.55. The third-order valence-electron chi connectivity index (χ3n) is 3.21. The standard InChI is InChI=1S/C14H14N4O3/c19-13-8-10(9-18(13)11-4-2-1-3-5-11)15-14(20)16-12-6-7-21-17-12/h1-7,10H,8-9H2,(H2,15,16,17,20)/t10-/m0/s1. The van der Waals surface area contributed by atoms with Gasteiger partial charge in [0.1, 0.15) is 6.26 Å². The highest BCUT2D eigenvalue weighted by Gasteiger charge is 2.31. The minimum atomic E-state index is -0.406. The number of hydrogen-bond acceptors (Lipinski definition) is 4. The van der Waals surface area contributed by atoms with Gasteiger partial charge in [-0.25, -0.2) is 4.79 Å². The third-order valence-corrected chi connectivity index (χ3v) is 3.21. The molecule has 1 aromatic heterocycles. The summed E-state index contributed by atoms with van der Waals surface area (Å²) in [6, 6.07) is 10.3. The van der Waals surface area contributed by atoms with Gasteiger partial charge in [0, 0.05) is 24.7 Å². The SMILES string of the molecule is O=C(Nc1ccon1)N[C@H]1CC(=O)N(c2ccccc2)C1. The first kappa shape index (κ1) is 13.2. The molecule has 3 amide bonds. The van der Waals surface area contributed by atoms with E-state index in [4.69, 9.17) is 0 Å². The van der Waals surface area contributed by atoms with Crippen LogP contribution in [0.15, 0.2) is 47.2 Å². The highest BCUT2D eigenvalue weighted by atomic mass is 16.5. The summed E-state index contributed by atoms with van der Waals surface area (Å²) < 4.78 is 4.62. The second-order valence-electron chi connectivity index (χ2n) is 4.72. The number of hydrogen-bond donors (Lipinski definition) is 2. The van der Waals surface area contributed by atoms with E-state index in [-0.39, 0.29) is 18.4 Å². The summed E-state index contributed by atoms with van der Waals surface area (Å²) in [6.45, 7) is 0.453. The number of benzene rings is 1. The van der Waals surface area contributed by atoms with Crippen LogP contribution in [0.2, 0.25) is 0 Å². The Bertz CT molecular complexity index is 627. The predicted molar refractivity (Wildman–Crippen MR) is 75.9 cm³/mol. The van der Waals surface area contributed by atoms with Crippen molar-refractivity contribution in [3.8, 4) is 0 Å². The molecular weight excluding hydrogens is 272 g/mol. The number of urea groups is 1. The largest absolute Gasteiger partial charge is 0.363 e. The maximum atomic E-state index is 12.0. The lowest BCUT2D eigenvalue weighted by Crippen LogP contribution is -2.39. The van der Waals surface area contributed by atoms with E-state index in [0.717, 1.165) is 5.69 Å². The van der Waals surface area contributed by atoms with Crippen LogP contribution in [0.3, 0.4) is 0 Å². The molecule has 1 aliphatic heterocycles. The van der Waals surface area contributed by atoms with Crippen molar-refractivity contribution in [3.63, 3.8) is 0 Å². The summed E-state index contributed by atoms with van der Waals surface area (Å²) in [7, 11) is 0. The molecule has 0 bridgehead atoms. The normalized spacial score (nSPS) is 17.8. The zero-order valence-corrected chi connectivity index (χ0v) is 11.2. The van der Waals surface area contributed by atoms with Gasteiger partial charge in [0.2, 0.25) is 5.91 Å². The maximum Gasteiger partial charge on any atom is 0.320 e. The fourth-order valence-corrected chi connectivity index (χ4v) is 2.28. The monoisotopic (exact) mass is 286 g/mol. The average molecular weight is 286 g/mol. The van der Waals surface area contributed by atoms with E-state index >= 15 is 0 Å². The Labute approximate surface area is 120 Å². The summed E-state index contributed by atoms with van der Waals surface area (Å²) in [5, 5.41) is 8.87. The van der Waals surface area contributed by atoms with Crippen LogP contribution in [0.1, 0.15) is 6.42 Å². The van der Waals surface area contributed by atoms with Crippen LogP contribution in [0.5, 0.6) is 0 Å². The van der Waals surface area contributed by atoms with Crippen LogP contribution >= 0.6 is 0 Å². The molecule has 1 aliphatic rings. The summed E-state index contributed by atoms with van der Waals surface area (Å²) in [5.41, 5.74) is 0.837. The average Bonchev–Trinajstić information content (AvgIpc) is 3.09. The number of rotatable bonds is 3. The van der Waals surface area contributed by atoms with E-state index in [2.05, 4.69) is 20.3 Å². The van der Waals surface area contributed by atoms with Crippen molar-refractivity contribution in [3.05, 3.63) is 42.7 Å². The van der Waals surface area contributed by atoms with Crippen molar-refractivity contribution in [2.45, 2.75) is 12.5 Å². The molecule has 7 nitrogen and oxygen atoms in total. The van der Waals surface area contributed by atoms with Crippen molar-refractivity contribution >= 4 is 23.4 Å². The Morgan fingerprint density at radius 2 is 2.10 bits per heavy atom. The molecule has 21 heavy (non-hydrogen) atoms. The molecule has 0 spiro atoms. The molecule has 1 atom stereocenters. The zero-order chi connectivity index (χ0) is 14.7. The minimum absolute atomic E-state index is 0.00654. The van der Waals surface area contributed by atoms with E-state index in [1.54, 1.807) is 4.90 Å². The molecule has 0 unspecified atom stereocenters. The van der Waals surface area contributed by atoms with Crippen LogP contribution < -0.4 is 15.5 Å². The summed E-state index contributed by atoms with van der Waals surface area (Å²) in [6.07, 6.45) is 1.65. The van der Waals surface area contributed by atoms with Gasteiger partial charge < -0.3 is 14.7 Å². The molecule has 0 aliphatic carbocycles. The van der Waals surface area contributed by atoms with Crippen molar-refractivity contribution in [2.75, 3.05) is 16.8 Å². The van der Waals surface area contributed by atoms with Crippen molar-refractivity contribution in [1.29, 1.82) is 0 Å². The number of nitrogens with zero attached hydrogens (tertiary/aromatic N) is 2. The molecule has 2 heterocycles. The minimum Gasteiger partial charge on any atom is -0.363 e. The predicted octanol–water partition coefficient (Wildman–Crippen LogP) is 1.60. The molecular formula is C14H14N4O3. The molecule has 108 valence electrons. The maximum absolute atomic E-state index is 12.0. The van der Waals surface area contributed by atoms with Crippen molar-refractivity contribution in [2.24, 2.45) is 0 Å². The number of para-hydroxylation sites is 1. The lowest BCUT2D eigenvalue weighted by atomic mass is 10.2. The Kier molecular flexibility index (Phi) is 3.55. The molecule has 7 heteroatoms. The van der Waals surface area contributed by atoms with Gasteiger partial charge in [-0.15, -0.1) is 0 Å². The number of carbonyl (C=O) groups excluding carboxylic acids is 2. The molecule has 1 saturated heterocycles. The first-order chi connectivity index (χ1) is 10.2. The number of carbonyl (C=O) groups is 2. The highest BCUT2D eigenvalue weighted by Crippen LogP contribution is 2.21. The van der Waals surface area contributed by atoms with Gasteiger partial charge >= 0.3 is 6.03 Å². The smallest absolute Gasteiger partial charge is 0.320 e. The molecule has 3 rings (SSSR count). The third kappa shape index (κ3) is 3.02. The van der Waals surface area contributed by atoms with Gasteiger partial charge in [-0.3, -0.25) is 10.1 Å². The van der Waals surface area contributed by atoms with E-state index in [1.807, 2.05) is 30.3 Å². The van der Waals surface area contributed by atoms with Crippen LogP contribution in [-0.4, -0.2) is 29.7 Å². The van der Waals surface area contributed by atoms with E-state index in [9.17, 15) is 9.59 Å². The van der Waals surface area contributed by atoms with Crippen molar-refractivity contribution < 1.29 is 14.1 Å². The Morgan fingerprint density at radius 3 is 2.81 bits per heavy atom. The second-order valence-corrected chi connectivity index (χ2v) is 4.72. The summed E-state index contributed by atoms with van der Waals surface area (Å²) in [5.74, 6) is 0.324. The van der Waals surface area contributed by atoms with Gasteiger partial charge in [-0.2, -0.15) is 0 Å².